The smallest absolute Gasteiger partial charge is 0.266 e. The summed E-state index contributed by atoms with van der Waals surface area (Å²) in [5.41, 5.74) is 3.02. The quantitative estimate of drug-likeness (QED) is 0.328. The Balaban J connectivity index is 1.76. The summed E-state index contributed by atoms with van der Waals surface area (Å²) in [7, 11) is 1.62. The Labute approximate surface area is 191 Å². The molecule has 2 aromatic heterocycles. The van der Waals surface area contributed by atoms with Gasteiger partial charge >= 0.3 is 0 Å². The molecule has 0 aliphatic heterocycles. The average Bonchev–Trinajstić information content (AvgIpc) is 3.21. The van der Waals surface area contributed by atoms with Crippen LogP contribution in [0.4, 0.5) is 0 Å². The van der Waals surface area contributed by atoms with E-state index in [4.69, 9.17) is 4.74 Å². The van der Waals surface area contributed by atoms with E-state index in [9.17, 15) is 9.90 Å². The molecule has 154 valence electrons. The number of hydrogen-bond acceptors (Lipinski definition) is 4. The number of aromatic amines is 1. The Morgan fingerprint density at radius 3 is 2.61 bits per heavy atom. The minimum absolute atomic E-state index is 0.0662. The molecule has 2 heterocycles. The van der Waals surface area contributed by atoms with Crippen molar-refractivity contribution in [1.29, 1.82) is 0 Å². The van der Waals surface area contributed by atoms with Gasteiger partial charge in [-0.15, -0.1) is 0 Å². The number of hydrogen-bond donors (Lipinski definition) is 2. The molecule has 0 unspecified atom stereocenters. The fraction of sp³-hybridized carbons (Fsp3) is 0.0833. The molecule has 0 fully saturated rings. The van der Waals surface area contributed by atoms with Crippen LogP contribution in [0.1, 0.15) is 5.56 Å². The molecule has 0 spiro atoms. The minimum atomic E-state index is -0.305. The number of nitrogens with one attached hydrogen (secondary N) is 1. The Kier molecular flexibility index (Phi) is 4.90. The maximum atomic E-state index is 13.6. The van der Waals surface area contributed by atoms with Crippen LogP contribution in [0.5, 0.6) is 11.5 Å². The second kappa shape index (κ2) is 7.73. The van der Waals surface area contributed by atoms with Gasteiger partial charge in [-0.3, -0.25) is 4.79 Å². The van der Waals surface area contributed by atoms with E-state index in [-0.39, 0.29) is 16.9 Å². The fourth-order valence-corrected chi connectivity index (χ4v) is 4.26. The lowest BCUT2D eigenvalue weighted by Gasteiger charge is -2.15. The highest BCUT2D eigenvalue weighted by atomic mass is 127. The molecule has 7 heteroatoms. The Morgan fingerprint density at radius 2 is 1.87 bits per heavy atom. The van der Waals surface area contributed by atoms with E-state index in [1.807, 2.05) is 66.7 Å². The van der Waals surface area contributed by atoms with Crippen LogP contribution in [0.25, 0.3) is 33.3 Å². The van der Waals surface area contributed by atoms with Gasteiger partial charge < -0.3 is 19.4 Å². The maximum absolute atomic E-state index is 13.6. The number of benzene rings is 3. The third-order valence-corrected chi connectivity index (χ3v) is 6.00. The summed E-state index contributed by atoms with van der Waals surface area (Å²) >= 11 is 2.20. The number of H-pyrrole nitrogens is 1. The van der Waals surface area contributed by atoms with Crippen molar-refractivity contribution in [3.8, 4) is 22.9 Å². The lowest BCUT2D eigenvalue weighted by atomic mass is 10.1. The first-order valence-corrected chi connectivity index (χ1v) is 10.8. The van der Waals surface area contributed by atoms with Gasteiger partial charge in [0.1, 0.15) is 22.9 Å². The van der Waals surface area contributed by atoms with Gasteiger partial charge in [-0.25, -0.2) is 4.98 Å². The van der Waals surface area contributed by atoms with E-state index in [0.717, 1.165) is 25.9 Å². The molecule has 0 aliphatic carbocycles. The van der Waals surface area contributed by atoms with Crippen molar-refractivity contribution >= 4 is 44.5 Å². The monoisotopic (exact) mass is 523 g/mol. The molecule has 2 N–H and O–H groups in total. The Hall–Kier alpha value is -3.33. The number of pyridine rings is 1. The zero-order valence-corrected chi connectivity index (χ0v) is 18.8. The number of rotatable bonds is 4. The van der Waals surface area contributed by atoms with Crippen molar-refractivity contribution in [1.82, 2.24) is 14.5 Å². The number of ether oxygens (including phenoxy) is 1. The summed E-state index contributed by atoms with van der Waals surface area (Å²) in [6.07, 6.45) is 0. The summed E-state index contributed by atoms with van der Waals surface area (Å²) in [6.45, 7) is 0.355. The van der Waals surface area contributed by atoms with Crippen LogP contribution >= 0.6 is 22.6 Å². The van der Waals surface area contributed by atoms with Gasteiger partial charge in [0.15, 0.2) is 0 Å². The van der Waals surface area contributed by atoms with E-state index in [1.165, 1.54) is 0 Å². The van der Waals surface area contributed by atoms with E-state index < -0.39 is 0 Å². The van der Waals surface area contributed by atoms with Gasteiger partial charge in [-0.1, -0.05) is 24.3 Å². The van der Waals surface area contributed by atoms with Gasteiger partial charge in [0.25, 0.3) is 5.56 Å². The van der Waals surface area contributed by atoms with E-state index in [0.29, 0.717) is 23.3 Å². The molecule has 31 heavy (non-hydrogen) atoms. The molecular weight excluding hydrogens is 505 g/mol. The van der Waals surface area contributed by atoms with Crippen LogP contribution < -0.4 is 10.3 Å². The fourth-order valence-electron chi connectivity index (χ4n) is 3.77. The highest BCUT2D eigenvalue weighted by Crippen LogP contribution is 2.34. The Morgan fingerprint density at radius 1 is 1.10 bits per heavy atom. The highest BCUT2D eigenvalue weighted by molar-refractivity contribution is 14.1. The van der Waals surface area contributed by atoms with Gasteiger partial charge in [0.2, 0.25) is 0 Å². The van der Waals surface area contributed by atoms with Crippen molar-refractivity contribution < 1.29 is 9.84 Å². The lowest BCUT2D eigenvalue weighted by Crippen LogP contribution is -2.23. The lowest BCUT2D eigenvalue weighted by molar-refractivity contribution is 0.414. The molecule has 0 saturated carbocycles. The minimum Gasteiger partial charge on any atom is -0.506 e. The SMILES string of the molecule is COc1ccc(Cn2c(=O)c(-c3nc4ccccc4[nH]3)c(O)c3cc(I)ccc32)cc1. The van der Waals surface area contributed by atoms with Crippen LogP contribution in [-0.4, -0.2) is 26.8 Å². The first-order chi connectivity index (χ1) is 15.0. The van der Waals surface area contributed by atoms with Crippen molar-refractivity contribution in [3.05, 3.63) is 86.2 Å². The molecule has 0 saturated heterocycles. The molecule has 5 rings (SSSR count). The van der Waals surface area contributed by atoms with Crippen LogP contribution in [0.3, 0.4) is 0 Å². The van der Waals surface area contributed by atoms with E-state index >= 15 is 0 Å². The number of aromatic hydroxyl groups is 1. The van der Waals surface area contributed by atoms with Crippen LogP contribution in [0.15, 0.2) is 71.5 Å². The van der Waals surface area contributed by atoms with E-state index in [2.05, 4.69) is 32.6 Å². The average molecular weight is 523 g/mol. The van der Waals surface area contributed by atoms with Crippen LogP contribution in [0, 0.1) is 3.57 Å². The number of aromatic nitrogens is 3. The molecular formula is C24H18IN3O3. The summed E-state index contributed by atoms with van der Waals surface area (Å²) in [5, 5.41) is 11.7. The molecule has 0 amide bonds. The first kappa shape index (κ1) is 19.6. The second-order valence-corrected chi connectivity index (χ2v) is 8.47. The van der Waals surface area contributed by atoms with Gasteiger partial charge in [-0.2, -0.15) is 0 Å². The van der Waals surface area contributed by atoms with Crippen LogP contribution in [-0.2, 0) is 6.54 Å². The number of fused-ring (bicyclic) bond motifs is 2. The van der Waals surface area contributed by atoms with Gasteiger partial charge in [0.05, 0.1) is 30.2 Å². The van der Waals surface area contributed by atoms with Gasteiger partial charge in [-0.05, 0) is 70.6 Å². The number of imidazole rings is 1. The molecule has 0 atom stereocenters. The van der Waals surface area contributed by atoms with Crippen molar-refractivity contribution in [2.24, 2.45) is 0 Å². The third-order valence-electron chi connectivity index (χ3n) is 5.33. The normalized spacial score (nSPS) is 11.3. The summed E-state index contributed by atoms with van der Waals surface area (Å²) < 4.78 is 7.87. The summed E-state index contributed by atoms with van der Waals surface area (Å²) in [5.74, 6) is 1.04. The number of para-hydroxylation sites is 2. The predicted octanol–water partition coefficient (Wildman–Crippen LogP) is 4.91. The predicted molar refractivity (Wildman–Crippen MR) is 130 cm³/mol. The molecule has 0 bridgehead atoms. The maximum Gasteiger partial charge on any atom is 0.266 e. The standard InChI is InChI=1S/C24H18IN3O3/c1-31-16-9-6-14(7-10-16)13-28-20-11-8-15(25)12-17(20)22(29)21(24(28)30)23-26-18-4-2-3-5-19(18)27-23/h2-12,29H,13H2,1H3,(H,26,27). The van der Waals surface area contributed by atoms with E-state index in [1.54, 1.807) is 11.7 Å². The summed E-state index contributed by atoms with van der Waals surface area (Å²) in [4.78, 5) is 21.3. The van der Waals surface area contributed by atoms with Crippen molar-refractivity contribution in [2.75, 3.05) is 7.11 Å². The number of nitrogens with zero attached hydrogens (tertiary/aromatic N) is 2. The molecule has 5 aromatic rings. The molecule has 6 nitrogen and oxygen atoms in total. The zero-order chi connectivity index (χ0) is 21.5. The zero-order valence-electron chi connectivity index (χ0n) is 16.6. The first-order valence-electron chi connectivity index (χ1n) is 9.68. The second-order valence-electron chi connectivity index (χ2n) is 7.23. The molecule has 0 radical (unpaired) electrons. The largest absolute Gasteiger partial charge is 0.506 e. The third kappa shape index (κ3) is 3.44. The number of methoxy groups -OCH3 is 1. The van der Waals surface area contributed by atoms with Gasteiger partial charge in [0, 0.05) is 8.96 Å². The Bertz CT molecular complexity index is 1450. The molecule has 0 aliphatic rings. The van der Waals surface area contributed by atoms with Crippen molar-refractivity contribution in [3.63, 3.8) is 0 Å². The highest BCUT2D eigenvalue weighted by Gasteiger charge is 2.21. The van der Waals surface area contributed by atoms with Crippen LogP contribution in [0.2, 0.25) is 0 Å². The number of halogens is 1. The topological polar surface area (TPSA) is 80.1 Å². The molecule has 3 aromatic carbocycles. The van der Waals surface area contributed by atoms with Crippen molar-refractivity contribution in [2.45, 2.75) is 6.54 Å². The summed E-state index contributed by atoms with van der Waals surface area (Å²) in [6, 6.07) is 20.8.